The molecule has 6 heteroatoms. The normalized spacial score (nSPS) is 10.2. The van der Waals surface area contributed by atoms with Crippen LogP contribution in [0.15, 0.2) is 72.8 Å². The fourth-order valence-electron chi connectivity index (χ4n) is 2.15. The molecule has 0 atom stereocenters. The van der Waals surface area contributed by atoms with Crippen LogP contribution in [-0.2, 0) is 4.79 Å². The van der Waals surface area contributed by atoms with E-state index in [9.17, 15) is 4.79 Å². The second-order valence-corrected chi connectivity index (χ2v) is 6.19. The van der Waals surface area contributed by atoms with E-state index in [0.717, 1.165) is 0 Å². The monoisotopic (exact) mass is 387 g/mol. The highest BCUT2D eigenvalue weighted by Gasteiger charge is 2.06. The van der Waals surface area contributed by atoms with E-state index < -0.39 is 0 Å². The highest BCUT2D eigenvalue weighted by molar-refractivity contribution is 6.32. The number of amides is 1. The summed E-state index contributed by atoms with van der Waals surface area (Å²) in [5.41, 5.74) is 0.640. The molecule has 0 saturated heterocycles. The van der Waals surface area contributed by atoms with Gasteiger partial charge in [-0.25, -0.2) is 0 Å². The van der Waals surface area contributed by atoms with Crippen LogP contribution in [-0.4, -0.2) is 12.5 Å². The van der Waals surface area contributed by atoms with Crippen LogP contribution in [0.25, 0.3) is 0 Å². The Kier molecular flexibility index (Phi) is 6.00. The lowest BCUT2D eigenvalue weighted by molar-refractivity contribution is -0.118. The fraction of sp³-hybridized carbons (Fsp3) is 0.0500. The van der Waals surface area contributed by atoms with E-state index in [1.807, 2.05) is 0 Å². The Bertz CT molecular complexity index is 880. The van der Waals surface area contributed by atoms with Gasteiger partial charge in [0.25, 0.3) is 5.91 Å². The fourth-order valence-corrected chi connectivity index (χ4v) is 2.46. The summed E-state index contributed by atoms with van der Waals surface area (Å²) in [5, 5.41) is 3.86. The lowest BCUT2D eigenvalue weighted by atomic mass is 10.3. The molecule has 4 nitrogen and oxygen atoms in total. The predicted octanol–water partition coefficient (Wildman–Crippen LogP) is 5.80. The zero-order chi connectivity index (χ0) is 18.4. The number of rotatable bonds is 6. The maximum absolute atomic E-state index is 12.0. The van der Waals surface area contributed by atoms with Crippen molar-refractivity contribution >= 4 is 34.8 Å². The van der Waals surface area contributed by atoms with E-state index in [1.54, 1.807) is 72.8 Å². The molecular weight excluding hydrogens is 373 g/mol. The number of benzene rings is 3. The molecule has 0 heterocycles. The summed E-state index contributed by atoms with van der Waals surface area (Å²) in [5.74, 6) is 1.52. The van der Waals surface area contributed by atoms with E-state index in [1.165, 1.54) is 0 Å². The van der Waals surface area contributed by atoms with Gasteiger partial charge in [0, 0.05) is 10.7 Å². The third-order valence-corrected chi connectivity index (χ3v) is 3.95. The van der Waals surface area contributed by atoms with Gasteiger partial charge in [0.15, 0.2) is 6.61 Å². The summed E-state index contributed by atoms with van der Waals surface area (Å²) in [6.07, 6.45) is 0. The molecular formula is C20H15Cl2NO3. The minimum Gasteiger partial charge on any atom is -0.482 e. The average molecular weight is 388 g/mol. The summed E-state index contributed by atoms with van der Waals surface area (Å²) < 4.78 is 11.1. The number of halogens is 2. The number of anilines is 1. The molecule has 0 bridgehead atoms. The Hall–Kier alpha value is -2.69. The summed E-state index contributed by atoms with van der Waals surface area (Å²) in [4.78, 5) is 12.0. The van der Waals surface area contributed by atoms with Crippen LogP contribution in [0.2, 0.25) is 10.0 Å². The zero-order valence-corrected chi connectivity index (χ0v) is 15.1. The van der Waals surface area contributed by atoms with Gasteiger partial charge in [0.05, 0.1) is 5.02 Å². The van der Waals surface area contributed by atoms with Gasteiger partial charge in [-0.15, -0.1) is 0 Å². The van der Waals surface area contributed by atoms with Crippen LogP contribution in [0.1, 0.15) is 0 Å². The van der Waals surface area contributed by atoms with Crippen LogP contribution >= 0.6 is 23.2 Å². The first kappa shape index (κ1) is 18.1. The number of ether oxygens (including phenoxy) is 2. The number of para-hydroxylation sites is 1. The number of hydrogen-bond donors (Lipinski definition) is 1. The highest BCUT2D eigenvalue weighted by Crippen LogP contribution is 2.25. The van der Waals surface area contributed by atoms with E-state index in [-0.39, 0.29) is 12.5 Å². The molecule has 3 aromatic rings. The van der Waals surface area contributed by atoms with E-state index in [0.29, 0.717) is 33.0 Å². The van der Waals surface area contributed by atoms with E-state index in [2.05, 4.69) is 5.32 Å². The highest BCUT2D eigenvalue weighted by atomic mass is 35.5. The van der Waals surface area contributed by atoms with Crippen LogP contribution < -0.4 is 14.8 Å². The van der Waals surface area contributed by atoms with Crippen molar-refractivity contribution < 1.29 is 14.3 Å². The standard InChI is InChI=1S/C20H15Cl2NO3/c21-14-5-9-16(10-6-14)26-17-11-7-15(8-12-17)23-20(24)13-25-19-4-2-1-3-18(19)22/h1-12H,13H2,(H,23,24). The van der Waals surface area contributed by atoms with Crippen molar-refractivity contribution in [3.05, 3.63) is 82.8 Å². The summed E-state index contributed by atoms with van der Waals surface area (Å²) in [6.45, 7) is -0.132. The van der Waals surface area contributed by atoms with Crippen molar-refractivity contribution in [1.82, 2.24) is 0 Å². The third-order valence-electron chi connectivity index (χ3n) is 3.38. The first-order chi connectivity index (χ1) is 12.6. The number of carbonyl (C=O) groups is 1. The van der Waals surface area contributed by atoms with E-state index in [4.69, 9.17) is 32.7 Å². The lowest BCUT2D eigenvalue weighted by Crippen LogP contribution is -2.20. The molecule has 0 radical (unpaired) electrons. The Balaban J connectivity index is 1.52. The van der Waals surface area contributed by atoms with Gasteiger partial charge in [-0.05, 0) is 60.7 Å². The lowest BCUT2D eigenvalue weighted by Gasteiger charge is -2.10. The Morgan fingerprint density at radius 3 is 2.12 bits per heavy atom. The van der Waals surface area contributed by atoms with Crippen LogP contribution in [0.4, 0.5) is 5.69 Å². The summed E-state index contributed by atoms with van der Waals surface area (Å²) >= 11 is 11.8. The number of carbonyl (C=O) groups excluding carboxylic acids is 1. The van der Waals surface area contributed by atoms with Crippen molar-refractivity contribution in [2.75, 3.05) is 11.9 Å². The van der Waals surface area contributed by atoms with E-state index >= 15 is 0 Å². The molecule has 0 aliphatic rings. The second kappa shape index (κ2) is 8.61. The minimum absolute atomic E-state index is 0.132. The van der Waals surface area contributed by atoms with Crippen molar-refractivity contribution in [2.45, 2.75) is 0 Å². The molecule has 0 aliphatic carbocycles. The molecule has 3 rings (SSSR count). The molecule has 0 aliphatic heterocycles. The van der Waals surface area contributed by atoms with Crippen molar-refractivity contribution in [1.29, 1.82) is 0 Å². The molecule has 0 saturated carbocycles. The van der Waals surface area contributed by atoms with Gasteiger partial charge >= 0.3 is 0 Å². The smallest absolute Gasteiger partial charge is 0.262 e. The molecule has 0 fully saturated rings. The number of hydrogen-bond acceptors (Lipinski definition) is 3. The SMILES string of the molecule is O=C(COc1ccccc1Cl)Nc1ccc(Oc2ccc(Cl)cc2)cc1. The van der Waals surface area contributed by atoms with Crippen molar-refractivity contribution in [2.24, 2.45) is 0 Å². The Morgan fingerprint density at radius 1 is 0.846 bits per heavy atom. The van der Waals surface area contributed by atoms with Gasteiger partial charge in [-0.1, -0.05) is 35.3 Å². The molecule has 0 unspecified atom stereocenters. The van der Waals surface area contributed by atoms with Gasteiger partial charge in [0.1, 0.15) is 17.2 Å². The summed E-state index contributed by atoms with van der Waals surface area (Å²) in [7, 11) is 0. The number of nitrogens with one attached hydrogen (secondary N) is 1. The third kappa shape index (κ3) is 5.15. The van der Waals surface area contributed by atoms with Gasteiger partial charge in [-0.3, -0.25) is 4.79 Å². The van der Waals surface area contributed by atoms with Gasteiger partial charge in [-0.2, -0.15) is 0 Å². The second-order valence-electron chi connectivity index (χ2n) is 5.35. The van der Waals surface area contributed by atoms with Crippen LogP contribution in [0, 0.1) is 0 Å². The van der Waals surface area contributed by atoms with Gasteiger partial charge < -0.3 is 14.8 Å². The molecule has 1 amide bonds. The largest absolute Gasteiger partial charge is 0.482 e. The maximum Gasteiger partial charge on any atom is 0.262 e. The zero-order valence-electron chi connectivity index (χ0n) is 13.6. The first-order valence-electron chi connectivity index (χ1n) is 7.81. The molecule has 3 aromatic carbocycles. The van der Waals surface area contributed by atoms with Crippen LogP contribution in [0.3, 0.4) is 0 Å². The van der Waals surface area contributed by atoms with Crippen molar-refractivity contribution in [3.8, 4) is 17.2 Å². The van der Waals surface area contributed by atoms with Gasteiger partial charge in [0.2, 0.25) is 0 Å². The maximum atomic E-state index is 12.0. The van der Waals surface area contributed by atoms with Crippen molar-refractivity contribution in [3.63, 3.8) is 0 Å². The molecule has 0 spiro atoms. The molecule has 0 aromatic heterocycles. The topological polar surface area (TPSA) is 47.6 Å². The molecule has 1 N–H and O–H groups in total. The Morgan fingerprint density at radius 2 is 1.46 bits per heavy atom. The quantitative estimate of drug-likeness (QED) is 0.580. The first-order valence-corrected chi connectivity index (χ1v) is 8.56. The molecule has 132 valence electrons. The predicted molar refractivity (Wildman–Crippen MR) is 104 cm³/mol. The molecule has 26 heavy (non-hydrogen) atoms. The average Bonchev–Trinajstić information content (AvgIpc) is 2.64. The van der Waals surface area contributed by atoms with Crippen LogP contribution in [0.5, 0.6) is 17.2 Å². The Labute approximate surface area is 161 Å². The summed E-state index contributed by atoms with van der Waals surface area (Å²) in [6, 6.07) is 21.1. The minimum atomic E-state index is -0.281.